The number of aliphatic hydroxyl groups excluding tert-OH is 1. The zero-order valence-corrected chi connectivity index (χ0v) is 9.68. The summed E-state index contributed by atoms with van der Waals surface area (Å²) in [6.07, 6.45) is 6.09. The van der Waals surface area contributed by atoms with E-state index in [9.17, 15) is 5.11 Å². The molecule has 0 spiro atoms. The van der Waals surface area contributed by atoms with Crippen molar-refractivity contribution >= 4 is 0 Å². The summed E-state index contributed by atoms with van der Waals surface area (Å²) in [6.45, 7) is 0.548. The van der Waals surface area contributed by atoms with E-state index in [0.717, 1.165) is 53.3 Å². The minimum Gasteiger partial charge on any atom is -0.396 e. The van der Waals surface area contributed by atoms with E-state index in [-0.39, 0.29) is 0 Å². The normalized spacial score (nSPS) is 79.7. The first-order chi connectivity index (χ1) is 7.89. The summed E-state index contributed by atoms with van der Waals surface area (Å²) in [6, 6.07) is 0. The summed E-state index contributed by atoms with van der Waals surface area (Å²) in [5.41, 5.74) is 0.499. The first-order valence-electron chi connectivity index (χ1n) is 7.50. The van der Waals surface area contributed by atoms with E-state index in [1.165, 1.54) is 25.7 Å². The van der Waals surface area contributed by atoms with Crippen LogP contribution in [0.25, 0.3) is 0 Å². The predicted octanol–water partition coefficient (Wildman–Crippen LogP) is 2.15. The van der Waals surface area contributed by atoms with Crippen LogP contribution < -0.4 is 0 Å². The second-order valence-electron chi connectivity index (χ2n) is 7.81. The molecule has 1 nitrogen and oxygen atoms in total. The van der Waals surface area contributed by atoms with Gasteiger partial charge in [0.05, 0.1) is 0 Å². The lowest BCUT2D eigenvalue weighted by atomic mass is 9.11. The highest BCUT2D eigenvalue weighted by molar-refractivity contribution is 5.36. The minimum absolute atomic E-state index is 0.499. The Morgan fingerprint density at radius 2 is 1.25 bits per heavy atom. The van der Waals surface area contributed by atoms with Crippen LogP contribution in [0.4, 0.5) is 0 Å². The van der Waals surface area contributed by atoms with Crippen LogP contribution in [0, 0.1) is 58.7 Å². The summed E-state index contributed by atoms with van der Waals surface area (Å²) in [4.78, 5) is 0. The number of hydrogen-bond acceptors (Lipinski definition) is 1. The maximum atomic E-state index is 9.97. The lowest BCUT2D eigenvalue weighted by Crippen LogP contribution is -2.90. The molecule has 0 saturated heterocycles. The van der Waals surface area contributed by atoms with Crippen molar-refractivity contribution < 1.29 is 5.11 Å². The molecule has 6 saturated carbocycles. The summed E-state index contributed by atoms with van der Waals surface area (Å²) in [7, 11) is 0. The highest BCUT2D eigenvalue weighted by Gasteiger charge is 2.89. The van der Waals surface area contributed by atoms with Gasteiger partial charge in [-0.3, -0.25) is 0 Å². The Morgan fingerprint density at radius 1 is 0.750 bits per heavy atom. The van der Waals surface area contributed by atoms with Gasteiger partial charge in [0.2, 0.25) is 0 Å². The standard InChI is InChI=1S/C15H20O/c16-5-15-12-8-3-1-6(8)10(12)14(15)11-7-2-4-9(7)13(11)15/h6-14,16H,1-5H2. The van der Waals surface area contributed by atoms with Crippen LogP contribution in [0.1, 0.15) is 25.7 Å². The van der Waals surface area contributed by atoms with Crippen LogP contribution >= 0.6 is 0 Å². The molecule has 0 aromatic rings. The SMILES string of the molecule is OCC12C3C4CCC4C3C1C1C3CCC3C12. The van der Waals surface area contributed by atoms with Crippen molar-refractivity contribution in [2.24, 2.45) is 58.7 Å². The molecule has 0 aromatic carbocycles. The fourth-order valence-corrected chi connectivity index (χ4v) is 7.98. The molecule has 0 bridgehead atoms. The van der Waals surface area contributed by atoms with Crippen molar-refractivity contribution in [3.8, 4) is 0 Å². The molecule has 6 aliphatic rings. The van der Waals surface area contributed by atoms with E-state index in [2.05, 4.69) is 0 Å². The number of hydrogen-bond donors (Lipinski definition) is 1. The van der Waals surface area contributed by atoms with Gasteiger partial charge in [-0.05, 0) is 78.9 Å². The van der Waals surface area contributed by atoms with Gasteiger partial charge in [-0.1, -0.05) is 0 Å². The fourth-order valence-electron chi connectivity index (χ4n) is 7.98. The Balaban J connectivity index is 1.44. The van der Waals surface area contributed by atoms with Crippen molar-refractivity contribution in [1.29, 1.82) is 0 Å². The minimum atomic E-state index is 0.499. The van der Waals surface area contributed by atoms with E-state index in [4.69, 9.17) is 0 Å². The first-order valence-corrected chi connectivity index (χ1v) is 7.50. The Morgan fingerprint density at radius 3 is 1.62 bits per heavy atom. The molecule has 6 aliphatic carbocycles. The zero-order valence-electron chi connectivity index (χ0n) is 9.68. The highest BCUT2D eigenvalue weighted by Crippen LogP contribution is 2.92. The third-order valence-electron chi connectivity index (χ3n) is 8.47. The van der Waals surface area contributed by atoms with Gasteiger partial charge >= 0.3 is 0 Å². The largest absolute Gasteiger partial charge is 0.396 e. The van der Waals surface area contributed by atoms with E-state index >= 15 is 0 Å². The Bertz CT molecular complexity index is 370. The quantitative estimate of drug-likeness (QED) is 0.666. The highest BCUT2D eigenvalue weighted by atomic mass is 16.3. The summed E-state index contributed by atoms with van der Waals surface area (Å²) >= 11 is 0. The fraction of sp³-hybridized carbons (Fsp3) is 1.00. The molecule has 0 aromatic heterocycles. The van der Waals surface area contributed by atoms with Gasteiger partial charge in [0.15, 0.2) is 0 Å². The predicted molar refractivity (Wildman–Crippen MR) is 59.4 cm³/mol. The lowest BCUT2D eigenvalue weighted by molar-refractivity contribution is -0.468. The number of fused-ring (bicyclic) bond motifs is 13. The molecule has 6 rings (SSSR count). The number of rotatable bonds is 1. The third kappa shape index (κ3) is 0.466. The van der Waals surface area contributed by atoms with Gasteiger partial charge in [-0.15, -0.1) is 0 Å². The van der Waals surface area contributed by atoms with Crippen molar-refractivity contribution in [1.82, 2.24) is 0 Å². The van der Waals surface area contributed by atoms with E-state index < -0.39 is 0 Å². The molecule has 1 N–H and O–H groups in total. The summed E-state index contributed by atoms with van der Waals surface area (Å²) in [5, 5.41) is 9.97. The zero-order chi connectivity index (χ0) is 10.2. The van der Waals surface area contributed by atoms with Crippen LogP contribution in [0.15, 0.2) is 0 Å². The second kappa shape index (κ2) is 2.02. The van der Waals surface area contributed by atoms with Gasteiger partial charge in [0.25, 0.3) is 0 Å². The molecule has 0 radical (unpaired) electrons. The molecule has 0 heterocycles. The van der Waals surface area contributed by atoms with Crippen molar-refractivity contribution in [3.63, 3.8) is 0 Å². The smallest absolute Gasteiger partial charge is 0.0496 e. The molecule has 1 heteroatoms. The molecule has 8 atom stereocenters. The topological polar surface area (TPSA) is 20.2 Å². The lowest BCUT2D eigenvalue weighted by Gasteiger charge is -2.93. The van der Waals surface area contributed by atoms with Gasteiger partial charge in [-0.2, -0.15) is 0 Å². The molecule has 16 heavy (non-hydrogen) atoms. The molecule has 0 amide bonds. The van der Waals surface area contributed by atoms with Gasteiger partial charge in [0.1, 0.15) is 0 Å². The van der Waals surface area contributed by atoms with Crippen molar-refractivity contribution in [3.05, 3.63) is 0 Å². The Labute approximate surface area is 96.6 Å². The maximum Gasteiger partial charge on any atom is 0.0496 e. The van der Waals surface area contributed by atoms with Crippen LogP contribution in [0.2, 0.25) is 0 Å². The van der Waals surface area contributed by atoms with E-state index in [0.29, 0.717) is 12.0 Å². The van der Waals surface area contributed by atoms with Crippen LogP contribution in [0.3, 0.4) is 0 Å². The van der Waals surface area contributed by atoms with Gasteiger partial charge in [0, 0.05) is 12.0 Å². The van der Waals surface area contributed by atoms with Crippen LogP contribution in [0.5, 0.6) is 0 Å². The van der Waals surface area contributed by atoms with Crippen molar-refractivity contribution in [2.45, 2.75) is 25.7 Å². The third-order valence-corrected chi connectivity index (χ3v) is 8.47. The monoisotopic (exact) mass is 216 g/mol. The summed E-state index contributed by atoms with van der Waals surface area (Å²) in [5.74, 6) is 9.65. The number of aliphatic hydroxyl groups is 1. The maximum absolute atomic E-state index is 9.97. The molecule has 86 valence electrons. The Kier molecular flexibility index (Phi) is 1.03. The van der Waals surface area contributed by atoms with E-state index in [1.807, 2.05) is 0 Å². The summed E-state index contributed by atoms with van der Waals surface area (Å²) < 4.78 is 0. The van der Waals surface area contributed by atoms with Crippen LogP contribution in [-0.4, -0.2) is 11.7 Å². The molecule has 8 unspecified atom stereocenters. The average molecular weight is 216 g/mol. The molecular formula is C15H20O. The Hall–Kier alpha value is -0.0400. The van der Waals surface area contributed by atoms with Gasteiger partial charge in [-0.25, -0.2) is 0 Å². The molecule has 6 fully saturated rings. The average Bonchev–Trinajstić information content (AvgIpc) is 2.22. The molecule has 0 aliphatic heterocycles. The molecular weight excluding hydrogens is 196 g/mol. The van der Waals surface area contributed by atoms with E-state index in [1.54, 1.807) is 0 Å². The second-order valence-corrected chi connectivity index (χ2v) is 7.81. The van der Waals surface area contributed by atoms with Gasteiger partial charge < -0.3 is 5.11 Å². The van der Waals surface area contributed by atoms with Crippen molar-refractivity contribution in [2.75, 3.05) is 6.61 Å². The first kappa shape index (κ1) is 8.13. The van der Waals surface area contributed by atoms with Crippen LogP contribution in [-0.2, 0) is 0 Å².